The molecule has 0 aliphatic rings. The van der Waals surface area contributed by atoms with Crippen molar-refractivity contribution in [1.29, 1.82) is 0 Å². The Bertz CT molecular complexity index is 577. The van der Waals surface area contributed by atoms with Gasteiger partial charge in [0.15, 0.2) is 0 Å². The lowest BCUT2D eigenvalue weighted by Gasteiger charge is -2.06. The summed E-state index contributed by atoms with van der Waals surface area (Å²) >= 11 is 4.40. The minimum Gasteiger partial charge on any atom is -0.286 e. The molecule has 0 spiro atoms. The molecule has 2 nitrogen and oxygen atoms in total. The topological polar surface area (TPSA) is 30.0 Å². The molecule has 2 aromatic rings. The Hall–Kier alpha value is -1.21. The average Bonchev–Trinajstić information content (AvgIpc) is 2.73. The van der Waals surface area contributed by atoms with Crippen LogP contribution in [0.25, 0.3) is 0 Å². The number of ketones is 1. The lowest BCUT2D eigenvalue weighted by atomic mass is 10.2. The zero-order valence-electron chi connectivity index (χ0n) is 8.66. The van der Waals surface area contributed by atoms with Gasteiger partial charge in [0.05, 0.1) is 10.4 Å². The van der Waals surface area contributed by atoms with Crippen LogP contribution in [-0.2, 0) is 6.18 Å². The summed E-state index contributed by atoms with van der Waals surface area (Å²) in [4.78, 5) is 15.9. The molecule has 7 heteroatoms. The van der Waals surface area contributed by atoms with Gasteiger partial charge in [-0.05, 0) is 39.5 Å². The third-order valence-corrected chi connectivity index (χ3v) is 3.98. The highest BCUT2D eigenvalue weighted by Gasteiger charge is 2.31. The maximum Gasteiger partial charge on any atom is 0.417 e. The highest BCUT2D eigenvalue weighted by atomic mass is 79.9. The van der Waals surface area contributed by atoms with Crippen molar-refractivity contribution in [2.45, 2.75) is 6.18 Å². The first kappa shape index (κ1) is 13.2. The third kappa shape index (κ3) is 2.62. The van der Waals surface area contributed by atoms with E-state index in [1.54, 1.807) is 11.4 Å². The van der Waals surface area contributed by atoms with E-state index in [1.165, 1.54) is 11.3 Å². The predicted octanol–water partition coefficient (Wildman–Crippen LogP) is 4.16. The second-order valence-electron chi connectivity index (χ2n) is 3.36. The van der Waals surface area contributed by atoms with Gasteiger partial charge in [0.2, 0.25) is 5.78 Å². The van der Waals surface area contributed by atoms with Crippen molar-refractivity contribution in [2.24, 2.45) is 0 Å². The molecular weight excluding hydrogens is 331 g/mol. The van der Waals surface area contributed by atoms with E-state index in [0.717, 1.165) is 12.1 Å². The minimum absolute atomic E-state index is 0.00819. The van der Waals surface area contributed by atoms with Crippen LogP contribution >= 0.6 is 27.3 Å². The molecule has 2 rings (SSSR count). The molecule has 0 saturated heterocycles. The Kier molecular flexibility index (Phi) is 3.54. The number of aromatic nitrogens is 1. The van der Waals surface area contributed by atoms with Crippen molar-refractivity contribution in [3.8, 4) is 0 Å². The molecule has 0 aromatic carbocycles. The number of alkyl halides is 3. The van der Waals surface area contributed by atoms with Gasteiger partial charge in [0.25, 0.3) is 0 Å². The summed E-state index contributed by atoms with van der Waals surface area (Å²) in [6.45, 7) is 0. The summed E-state index contributed by atoms with van der Waals surface area (Å²) in [7, 11) is 0. The van der Waals surface area contributed by atoms with Crippen LogP contribution in [-0.4, -0.2) is 10.8 Å². The van der Waals surface area contributed by atoms with Crippen molar-refractivity contribution in [3.05, 3.63) is 50.4 Å². The van der Waals surface area contributed by atoms with Crippen molar-refractivity contribution in [2.75, 3.05) is 0 Å². The Morgan fingerprint density at radius 1 is 1.28 bits per heavy atom. The van der Waals surface area contributed by atoms with Crippen LogP contribution in [0.4, 0.5) is 13.2 Å². The van der Waals surface area contributed by atoms with Crippen molar-refractivity contribution in [1.82, 2.24) is 4.98 Å². The van der Waals surface area contributed by atoms with Crippen LogP contribution in [0, 0.1) is 0 Å². The fourth-order valence-corrected chi connectivity index (χ4v) is 2.77. The molecule has 2 heterocycles. The first-order chi connectivity index (χ1) is 8.39. The number of hydrogen-bond donors (Lipinski definition) is 0. The van der Waals surface area contributed by atoms with Crippen LogP contribution in [0.15, 0.2) is 34.2 Å². The maximum atomic E-state index is 12.3. The molecule has 94 valence electrons. The Balaban J connectivity index is 2.31. The molecule has 0 fully saturated rings. The van der Waals surface area contributed by atoms with E-state index in [9.17, 15) is 18.0 Å². The fourth-order valence-electron chi connectivity index (χ4n) is 1.27. The normalized spacial score (nSPS) is 11.6. The number of hydrogen-bond acceptors (Lipinski definition) is 3. The number of nitrogens with zero attached hydrogens (tertiary/aromatic N) is 1. The van der Waals surface area contributed by atoms with Gasteiger partial charge in [-0.25, -0.2) is 0 Å². The summed E-state index contributed by atoms with van der Waals surface area (Å²) in [5.74, 6) is -0.398. The Labute approximate surface area is 113 Å². The average molecular weight is 336 g/mol. The van der Waals surface area contributed by atoms with Gasteiger partial charge >= 0.3 is 6.18 Å². The lowest BCUT2D eigenvalue weighted by molar-refractivity contribution is -0.137. The van der Waals surface area contributed by atoms with Gasteiger partial charge in [-0.2, -0.15) is 13.2 Å². The van der Waals surface area contributed by atoms with Gasteiger partial charge in [0, 0.05) is 10.7 Å². The minimum atomic E-state index is -4.45. The summed E-state index contributed by atoms with van der Waals surface area (Å²) in [6, 6.07) is 3.63. The highest BCUT2D eigenvalue weighted by Crippen LogP contribution is 2.29. The number of pyridine rings is 1. The van der Waals surface area contributed by atoms with E-state index >= 15 is 0 Å². The quantitative estimate of drug-likeness (QED) is 0.771. The van der Waals surface area contributed by atoms with Gasteiger partial charge in [-0.1, -0.05) is 0 Å². The van der Waals surface area contributed by atoms with Crippen LogP contribution in [0.1, 0.15) is 20.9 Å². The standard InChI is InChI=1S/C11H5BrF3NOS/c12-7-3-4-18-10(7)9(17)8-2-1-6(5-16-8)11(13,14)15/h1-5H. The first-order valence-electron chi connectivity index (χ1n) is 4.70. The van der Waals surface area contributed by atoms with E-state index in [2.05, 4.69) is 20.9 Å². The first-order valence-corrected chi connectivity index (χ1v) is 6.38. The summed E-state index contributed by atoms with van der Waals surface area (Å²) in [5, 5.41) is 1.71. The molecule has 0 aliphatic carbocycles. The smallest absolute Gasteiger partial charge is 0.286 e. The monoisotopic (exact) mass is 335 g/mol. The summed E-state index contributed by atoms with van der Waals surface area (Å²) in [5.41, 5.74) is -0.879. The van der Waals surface area contributed by atoms with Crippen molar-refractivity contribution in [3.63, 3.8) is 0 Å². The molecule has 0 atom stereocenters. The largest absolute Gasteiger partial charge is 0.417 e. The number of carbonyl (C=O) groups is 1. The molecule has 18 heavy (non-hydrogen) atoms. The second-order valence-corrected chi connectivity index (χ2v) is 5.13. The van der Waals surface area contributed by atoms with E-state index in [4.69, 9.17) is 0 Å². The SMILES string of the molecule is O=C(c1ccc(C(F)(F)F)cn1)c1sccc1Br. The van der Waals surface area contributed by atoms with Crippen molar-refractivity contribution >= 4 is 33.0 Å². The lowest BCUT2D eigenvalue weighted by Crippen LogP contribution is -2.08. The van der Waals surface area contributed by atoms with Crippen molar-refractivity contribution < 1.29 is 18.0 Å². The van der Waals surface area contributed by atoms with Gasteiger partial charge in [-0.3, -0.25) is 9.78 Å². The van der Waals surface area contributed by atoms with Crippen LogP contribution in [0.5, 0.6) is 0 Å². The zero-order valence-corrected chi connectivity index (χ0v) is 11.1. The summed E-state index contributed by atoms with van der Waals surface area (Å²) in [6.07, 6.45) is -3.78. The predicted molar refractivity (Wildman–Crippen MR) is 64.7 cm³/mol. The summed E-state index contributed by atoms with van der Waals surface area (Å²) < 4.78 is 37.6. The van der Waals surface area contributed by atoms with Crippen LogP contribution in [0.2, 0.25) is 0 Å². The van der Waals surface area contributed by atoms with Gasteiger partial charge in [0.1, 0.15) is 5.69 Å². The molecule has 0 bridgehead atoms. The van der Waals surface area contributed by atoms with Gasteiger partial charge in [-0.15, -0.1) is 11.3 Å². The third-order valence-electron chi connectivity index (χ3n) is 2.15. The fraction of sp³-hybridized carbons (Fsp3) is 0.0909. The van der Waals surface area contributed by atoms with E-state index in [-0.39, 0.29) is 5.69 Å². The Morgan fingerprint density at radius 3 is 2.44 bits per heavy atom. The van der Waals surface area contributed by atoms with E-state index < -0.39 is 17.5 Å². The number of halogens is 4. The molecule has 0 amide bonds. The number of carbonyl (C=O) groups excluding carboxylic acids is 1. The molecule has 0 aliphatic heterocycles. The molecule has 0 saturated carbocycles. The van der Waals surface area contributed by atoms with Crippen LogP contribution in [0.3, 0.4) is 0 Å². The molecule has 0 N–H and O–H groups in total. The van der Waals surface area contributed by atoms with E-state index in [1.807, 2.05) is 0 Å². The Morgan fingerprint density at radius 2 is 2.00 bits per heavy atom. The number of rotatable bonds is 2. The molecule has 0 radical (unpaired) electrons. The van der Waals surface area contributed by atoms with E-state index in [0.29, 0.717) is 15.5 Å². The highest BCUT2D eigenvalue weighted by molar-refractivity contribution is 9.10. The molecule has 2 aromatic heterocycles. The molecular formula is C11H5BrF3NOS. The molecule has 0 unspecified atom stereocenters. The second kappa shape index (κ2) is 4.81. The number of thiophene rings is 1. The zero-order chi connectivity index (χ0) is 13.3. The van der Waals surface area contributed by atoms with Crippen LogP contribution < -0.4 is 0 Å². The van der Waals surface area contributed by atoms with Gasteiger partial charge < -0.3 is 0 Å². The maximum absolute atomic E-state index is 12.3.